The lowest BCUT2D eigenvalue weighted by Gasteiger charge is -2.27. The number of esters is 1. The Morgan fingerprint density at radius 1 is 1.39 bits per heavy atom. The van der Waals surface area contributed by atoms with Crippen molar-refractivity contribution >= 4 is 12.0 Å². The van der Waals surface area contributed by atoms with Crippen molar-refractivity contribution in [3.05, 3.63) is 35.6 Å². The van der Waals surface area contributed by atoms with E-state index in [9.17, 15) is 19.1 Å². The lowest BCUT2D eigenvalue weighted by molar-refractivity contribution is 0.0241. The number of β-amino-alcohol motifs (C(OH)–C–C–N with tert-alkyl or cyclic N) is 1. The molecule has 0 heterocycles. The highest BCUT2D eigenvalue weighted by molar-refractivity contribution is 5.89. The predicted octanol–water partition coefficient (Wildman–Crippen LogP) is 0.380. The van der Waals surface area contributed by atoms with Crippen molar-refractivity contribution in [3.8, 4) is 0 Å². The first-order valence-electron chi connectivity index (χ1n) is 7.09. The highest BCUT2D eigenvalue weighted by Crippen LogP contribution is 2.08. The van der Waals surface area contributed by atoms with Crippen molar-refractivity contribution in [2.45, 2.75) is 25.5 Å². The van der Waals surface area contributed by atoms with Gasteiger partial charge in [0.2, 0.25) is 0 Å². The second-order valence-corrected chi connectivity index (χ2v) is 5.71. The number of urea groups is 1. The van der Waals surface area contributed by atoms with E-state index in [0.29, 0.717) is 0 Å². The van der Waals surface area contributed by atoms with Crippen LogP contribution in [0, 0.1) is 5.82 Å². The number of aliphatic hydroxyl groups is 1. The van der Waals surface area contributed by atoms with Gasteiger partial charge in [-0.15, -0.1) is 0 Å². The number of hydrogen-bond acceptors (Lipinski definition) is 5. The van der Waals surface area contributed by atoms with Crippen LogP contribution in [-0.4, -0.2) is 48.4 Å². The highest BCUT2D eigenvalue weighted by Gasteiger charge is 2.20. The quantitative estimate of drug-likeness (QED) is 0.516. The highest BCUT2D eigenvalue weighted by atomic mass is 19.1. The molecule has 0 saturated heterocycles. The van der Waals surface area contributed by atoms with Crippen LogP contribution >= 0.6 is 0 Å². The Hall–Kier alpha value is -2.19. The maximum absolute atomic E-state index is 13.4. The van der Waals surface area contributed by atoms with Crippen molar-refractivity contribution in [1.82, 2.24) is 10.6 Å². The fourth-order valence-corrected chi connectivity index (χ4v) is 1.70. The smallest absolute Gasteiger partial charge is 0.341 e. The molecule has 0 saturated carbocycles. The van der Waals surface area contributed by atoms with Crippen LogP contribution in [-0.2, 0) is 4.74 Å². The molecule has 0 aliphatic heterocycles. The molecule has 8 heteroatoms. The summed E-state index contributed by atoms with van der Waals surface area (Å²) in [6.07, 6.45) is -0.974. The Bertz CT molecular complexity index is 551. The van der Waals surface area contributed by atoms with Crippen LogP contribution in [0.2, 0.25) is 0 Å². The van der Waals surface area contributed by atoms with Gasteiger partial charge in [0.15, 0.2) is 0 Å². The Morgan fingerprint density at radius 3 is 2.65 bits per heavy atom. The van der Waals surface area contributed by atoms with E-state index in [1.54, 1.807) is 13.8 Å². The molecule has 0 aromatic heterocycles. The molecule has 7 nitrogen and oxygen atoms in total. The summed E-state index contributed by atoms with van der Waals surface area (Å²) in [6, 6.07) is 4.81. The van der Waals surface area contributed by atoms with Gasteiger partial charge in [-0.25, -0.2) is 14.0 Å². The number of nitrogens with one attached hydrogen (secondary N) is 2. The van der Waals surface area contributed by atoms with Gasteiger partial charge in [-0.2, -0.15) is 0 Å². The Labute approximate surface area is 134 Å². The van der Waals surface area contributed by atoms with E-state index in [0.717, 1.165) is 6.07 Å². The van der Waals surface area contributed by atoms with Crippen LogP contribution in [0.3, 0.4) is 0 Å². The Kier molecular flexibility index (Phi) is 6.92. The largest absolute Gasteiger partial charge is 0.459 e. The number of hydrogen-bond donors (Lipinski definition) is 4. The number of rotatable bonds is 8. The summed E-state index contributed by atoms with van der Waals surface area (Å²) in [6.45, 7) is 3.73. The molecule has 0 aliphatic rings. The predicted molar refractivity (Wildman–Crippen MR) is 82.4 cm³/mol. The molecule has 1 unspecified atom stereocenters. The molecule has 0 fully saturated rings. The second kappa shape index (κ2) is 8.44. The van der Waals surface area contributed by atoms with Crippen LogP contribution in [0.5, 0.6) is 0 Å². The normalized spacial score (nSPS) is 12.5. The third-order valence-electron chi connectivity index (χ3n) is 3.02. The van der Waals surface area contributed by atoms with Gasteiger partial charge in [-0.1, -0.05) is 12.1 Å². The molecule has 128 valence electrons. The SMILES string of the molecule is CC(C)(CNC(N)=O)NCC(O)COC(=O)c1ccccc1F. The number of amides is 2. The minimum Gasteiger partial charge on any atom is -0.459 e. The molecular formula is C15H22FN3O4. The van der Waals surface area contributed by atoms with Crippen LogP contribution in [0.1, 0.15) is 24.2 Å². The molecular weight excluding hydrogens is 305 g/mol. The number of carbonyl (C=O) groups excluding carboxylic acids is 2. The van der Waals surface area contributed by atoms with E-state index in [1.165, 1.54) is 18.2 Å². The fourth-order valence-electron chi connectivity index (χ4n) is 1.70. The molecule has 0 aliphatic carbocycles. The van der Waals surface area contributed by atoms with Crippen LogP contribution in [0.4, 0.5) is 9.18 Å². The zero-order chi connectivity index (χ0) is 17.5. The number of nitrogens with two attached hydrogens (primary N) is 1. The summed E-state index contributed by atoms with van der Waals surface area (Å²) in [4.78, 5) is 22.4. The number of ether oxygens (including phenoxy) is 1. The van der Waals surface area contributed by atoms with Gasteiger partial charge in [0.05, 0.1) is 5.56 Å². The zero-order valence-electron chi connectivity index (χ0n) is 13.1. The lowest BCUT2D eigenvalue weighted by Crippen LogP contribution is -2.52. The van der Waals surface area contributed by atoms with Crippen molar-refractivity contribution in [1.29, 1.82) is 0 Å². The van der Waals surface area contributed by atoms with E-state index < -0.39 is 29.5 Å². The van der Waals surface area contributed by atoms with Gasteiger partial charge in [-0.3, -0.25) is 0 Å². The van der Waals surface area contributed by atoms with E-state index >= 15 is 0 Å². The minimum absolute atomic E-state index is 0.123. The summed E-state index contributed by atoms with van der Waals surface area (Å²) >= 11 is 0. The Morgan fingerprint density at radius 2 is 2.04 bits per heavy atom. The Balaban J connectivity index is 2.37. The molecule has 0 radical (unpaired) electrons. The molecule has 1 atom stereocenters. The van der Waals surface area contributed by atoms with Crippen LogP contribution in [0.25, 0.3) is 0 Å². The monoisotopic (exact) mass is 327 g/mol. The number of aliphatic hydroxyl groups excluding tert-OH is 1. The molecule has 23 heavy (non-hydrogen) atoms. The first-order valence-corrected chi connectivity index (χ1v) is 7.09. The first-order chi connectivity index (χ1) is 10.7. The maximum Gasteiger partial charge on any atom is 0.341 e. The van der Waals surface area contributed by atoms with E-state index in [4.69, 9.17) is 10.5 Å². The number of benzene rings is 1. The summed E-state index contributed by atoms with van der Waals surface area (Å²) in [5, 5.41) is 15.3. The average molecular weight is 327 g/mol. The topological polar surface area (TPSA) is 114 Å². The molecule has 2 amide bonds. The van der Waals surface area contributed by atoms with Crippen molar-refractivity contribution in [2.24, 2.45) is 5.73 Å². The summed E-state index contributed by atoms with van der Waals surface area (Å²) in [5.74, 6) is -1.51. The summed E-state index contributed by atoms with van der Waals surface area (Å²) < 4.78 is 18.3. The summed E-state index contributed by atoms with van der Waals surface area (Å²) in [7, 11) is 0. The lowest BCUT2D eigenvalue weighted by atomic mass is 10.1. The molecule has 5 N–H and O–H groups in total. The van der Waals surface area contributed by atoms with E-state index in [-0.39, 0.29) is 25.3 Å². The fraction of sp³-hybridized carbons (Fsp3) is 0.467. The number of carbonyl (C=O) groups is 2. The maximum atomic E-state index is 13.4. The standard InChI is InChI=1S/C15H22FN3O4/c1-15(2,9-18-14(17)22)19-7-10(20)8-23-13(21)11-5-3-4-6-12(11)16/h3-6,10,19-20H,7-9H2,1-2H3,(H3,17,18,22). The zero-order valence-corrected chi connectivity index (χ0v) is 13.1. The van der Waals surface area contributed by atoms with Gasteiger partial charge in [0, 0.05) is 18.6 Å². The van der Waals surface area contributed by atoms with Gasteiger partial charge in [0.1, 0.15) is 18.5 Å². The van der Waals surface area contributed by atoms with Gasteiger partial charge in [0.25, 0.3) is 0 Å². The second-order valence-electron chi connectivity index (χ2n) is 5.71. The molecule has 0 spiro atoms. The molecule has 1 aromatic carbocycles. The third kappa shape index (κ3) is 7.07. The van der Waals surface area contributed by atoms with Gasteiger partial charge < -0.3 is 26.2 Å². The van der Waals surface area contributed by atoms with Crippen LogP contribution < -0.4 is 16.4 Å². The van der Waals surface area contributed by atoms with E-state index in [1.807, 2.05) is 0 Å². The van der Waals surface area contributed by atoms with E-state index in [2.05, 4.69) is 10.6 Å². The van der Waals surface area contributed by atoms with Crippen LogP contribution in [0.15, 0.2) is 24.3 Å². The first kappa shape index (κ1) is 18.9. The summed E-state index contributed by atoms with van der Waals surface area (Å²) in [5.41, 5.74) is 4.30. The van der Waals surface area contributed by atoms with Crippen molar-refractivity contribution in [3.63, 3.8) is 0 Å². The van der Waals surface area contributed by atoms with Gasteiger partial charge >= 0.3 is 12.0 Å². The van der Waals surface area contributed by atoms with Gasteiger partial charge in [-0.05, 0) is 26.0 Å². The number of primary amides is 1. The molecule has 0 bridgehead atoms. The molecule has 1 aromatic rings. The average Bonchev–Trinajstić information content (AvgIpc) is 2.49. The molecule has 1 rings (SSSR count). The van der Waals surface area contributed by atoms with Crippen molar-refractivity contribution in [2.75, 3.05) is 19.7 Å². The van der Waals surface area contributed by atoms with Crippen molar-refractivity contribution < 1.29 is 23.8 Å². The minimum atomic E-state index is -0.974. The third-order valence-corrected chi connectivity index (χ3v) is 3.02. The number of halogens is 1.